The Balaban J connectivity index is 1.88. The van der Waals surface area contributed by atoms with Crippen LogP contribution in [0, 0.1) is 5.82 Å². The van der Waals surface area contributed by atoms with Gasteiger partial charge in [-0.1, -0.05) is 18.2 Å². The van der Waals surface area contributed by atoms with E-state index in [0.717, 1.165) is 0 Å². The van der Waals surface area contributed by atoms with Gasteiger partial charge in [0, 0.05) is 18.8 Å². The van der Waals surface area contributed by atoms with E-state index >= 15 is 0 Å². The average Bonchev–Trinajstić information content (AvgIpc) is 2.39. The van der Waals surface area contributed by atoms with Crippen LogP contribution in [0.15, 0.2) is 42.7 Å². The maximum atomic E-state index is 13.3. The summed E-state index contributed by atoms with van der Waals surface area (Å²) in [4.78, 5) is 19.3. The number of halogens is 1. The third-order valence-corrected chi connectivity index (χ3v) is 2.40. The number of anilines is 1. The van der Waals surface area contributed by atoms with Gasteiger partial charge in [0.25, 0.3) is 0 Å². The summed E-state index contributed by atoms with van der Waals surface area (Å²) in [5.41, 5.74) is 0.529. The molecule has 4 nitrogen and oxygen atoms in total. The summed E-state index contributed by atoms with van der Waals surface area (Å²) in [5, 5.41) is 2.55. The first-order valence-electron chi connectivity index (χ1n) is 5.56. The molecule has 0 aliphatic heterocycles. The Kier molecular flexibility index (Phi) is 3.96. The number of aromatic nitrogens is 2. The fourth-order valence-corrected chi connectivity index (χ4v) is 1.50. The van der Waals surface area contributed by atoms with E-state index in [1.165, 1.54) is 6.07 Å². The summed E-state index contributed by atoms with van der Waals surface area (Å²) >= 11 is 0. The van der Waals surface area contributed by atoms with Gasteiger partial charge in [-0.3, -0.25) is 10.1 Å². The molecule has 0 saturated heterocycles. The molecule has 0 radical (unpaired) electrons. The van der Waals surface area contributed by atoms with Crippen molar-refractivity contribution < 1.29 is 9.18 Å². The minimum Gasteiger partial charge on any atom is -0.295 e. The topological polar surface area (TPSA) is 54.9 Å². The van der Waals surface area contributed by atoms with Gasteiger partial charge < -0.3 is 0 Å². The van der Waals surface area contributed by atoms with Crippen molar-refractivity contribution in [1.82, 2.24) is 9.97 Å². The molecule has 0 aliphatic carbocycles. The quantitative estimate of drug-likeness (QED) is 0.898. The van der Waals surface area contributed by atoms with E-state index in [4.69, 9.17) is 0 Å². The highest BCUT2D eigenvalue weighted by molar-refractivity contribution is 5.88. The molecule has 2 aromatic rings. The van der Waals surface area contributed by atoms with Crippen molar-refractivity contribution in [1.29, 1.82) is 0 Å². The molecule has 1 N–H and O–H groups in total. The lowest BCUT2D eigenvalue weighted by Crippen LogP contribution is -2.14. The zero-order valence-corrected chi connectivity index (χ0v) is 9.64. The van der Waals surface area contributed by atoms with Crippen LogP contribution < -0.4 is 5.32 Å². The summed E-state index contributed by atoms with van der Waals surface area (Å²) in [5.74, 6) is -0.262. The van der Waals surface area contributed by atoms with Crippen molar-refractivity contribution in [2.75, 3.05) is 5.32 Å². The molecule has 1 aromatic carbocycles. The average molecular weight is 245 g/mol. The van der Waals surface area contributed by atoms with Crippen molar-refractivity contribution in [2.24, 2.45) is 0 Å². The van der Waals surface area contributed by atoms with Crippen molar-refractivity contribution >= 4 is 11.9 Å². The van der Waals surface area contributed by atoms with Crippen molar-refractivity contribution in [2.45, 2.75) is 12.8 Å². The largest absolute Gasteiger partial charge is 0.295 e. The number of carbonyl (C=O) groups is 1. The van der Waals surface area contributed by atoms with Crippen LogP contribution >= 0.6 is 0 Å². The van der Waals surface area contributed by atoms with Crippen molar-refractivity contribution in [3.8, 4) is 0 Å². The van der Waals surface area contributed by atoms with E-state index in [1.54, 1.807) is 36.7 Å². The van der Waals surface area contributed by atoms with Crippen LogP contribution in [0.1, 0.15) is 12.0 Å². The van der Waals surface area contributed by atoms with Crippen LogP contribution in [0.25, 0.3) is 0 Å². The Labute approximate surface area is 104 Å². The molecule has 0 aliphatic rings. The second-order valence-electron chi connectivity index (χ2n) is 3.71. The lowest BCUT2D eigenvalue weighted by Gasteiger charge is -2.04. The van der Waals surface area contributed by atoms with E-state index in [2.05, 4.69) is 15.3 Å². The molecular formula is C13H12FN3O. The first-order valence-corrected chi connectivity index (χ1v) is 5.56. The number of aryl methyl sites for hydroxylation is 1. The Morgan fingerprint density at radius 1 is 1.17 bits per heavy atom. The van der Waals surface area contributed by atoms with Gasteiger partial charge in [0.15, 0.2) is 0 Å². The first-order chi connectivity index (χ1) is 8.75. The molecule has 1 heterocycles. The Morgan fingerprint density at radius 3 is 2.61 bits per heavy atom. The highest BCUT2D eigenvalue weighted by Gasteiger charge is 2.06. The Bertz CT molecular complexity index is 531. The molecule has 0 atom stereocenters. The first kappa shape index (κ1) is 12.2. The van der Waals surface area contributed by atoms with Gasteiger partial charge in [0.05, 0.1) is 0 Å². The van der Waals surface area contributed by atoms with Crippen LogP contribution in [0.2, 0.25) is 0 Å². The van der Waals surface area contributed by atoms with E-state index in [0.29, 0.717) is 12.0 Å². The van der Waals surface area contributed by atoms with Crippen LogP contribution in [0.5, 0.6) is 0 Å². The molecule has 2 rings (SSSR count). The number of amides is 1. The van der Waals surface area contributed by atoms with Crippen LogP contribution in [0.4, 0.5) is 10.3 Å². The van der Waals surface area contributed by atoms with E-state index in [-0.39, 0.29) is 24.1 Å². The normalized spacial score (nSPS) is 10.1. The summed E-state index contributed by atoms with van der Waals surface area (Å²) in [7, 11) is 0. The Morgan fingerprint density at radius 2 is 1.89 bits per heavy atom. The monoisotopic (exact) mass is 245 g/mol. The molecule has 1 aromatic heterocycles. The third kappa shape index (κ3) is 3.35. The minimum absolute atomic E-state index is 0.194. The number of hydrogen-bond donors (Lipinski definition) is 1. The molecule has 0 bridgehead atoms. The molecule has 18 heavy (non-hydrogen) atoms. The molecule has 1 amide bonds. The van der Waals surface area contributed by atoms with Crippen molar-refractivity contribution in [3.05, 3.63) is 54.1 Å². The molecule has 92 valence electrons. The smallest absolute Gasteiger partial charge is 0.229 e. The highest BCUT2D eigenvalue weighted by Crippen LogP contribution is 2.09. The van der Waals surface area contributed by atoms with Gasteiger partial charge in [-0.15, -0.1) is 0 Å². The highest BCUT2D eigenvalue weighted by atomic mass is 19.1. The second-order valence-corrected chi connectivity index (χ2v) is 3.71. The summed E-state index contributed by atoms with van der Waals surface area (Å²) < 4.78 is 13.3. The molecule has 0 fully saturated rings. The van der Waals surface area contributed by atoms with Gasteiger partial charge in [-0.05, 0) is 24.1 Å². The lowest BCUT2D eigenvalue weighted by atomic mass is 10.1. The van der Waals surface area contributed by atoms with Gasteiger partial charge >= 0.3 is 0 Å². The number of nitrogens with zero attached hydrogens (tertiary/aromatic N) is 2. The predicted octanol–water partition coefficient (Wildman–Crippen LogP) is 2.19. The zero-order valence-electron chi connectivity index (χ0n) is 9.64. The predicted molar refractivity (Wildman–Crippen MR) is 65.4 cm³/mol. The van der Waals surface area contributed by atoms with Gasteiger partial charge in [0.1, 0.15) is 5.82 Å². The fraction of sp³-hybridized carbons (Fsp3) is 0.154. The summed E-state index contributed by atoms with van der Waals surface area (Å²) in [6.07, 6.45) is 3.63. The summed E-state index contributed by atoms with van der Waals surface area (Å²) in [6, 6.07) is 8.08. The molecule has 0 unspecified atom stereocenters. The number of rotatable bonds is 4. The summed E-state index contributed by atoms with van der Waals surface area (Å²) in [6.45, 7) is 0. The Hall–Kier alpha value is -2.30. The van der Waals surface area contributed by atoms with Gasteiger partial charge in [0.2, 0.25) is 11.9 Å². The number of benzene rings is 1. The minimum atomic E-state index is -0.290. The lowest BCUT2D eigenvalue weighted by molar-refractivity contribution is -0.116. The molecule has 5 heteroatoms. The number of carbonyl (C=O) groups excluding carboxylic acids is 1. The zero-order chi connectivity index (χ0) is 12.8. The van der Waals surface area contributed by atoms with Crippen molar-refractivity contribution in [3.63, 3.8) is 0 Å². The SMILES string of the molecule is O=C(CCc1ccccc1F)Nc1ncccn1. The van der Waals surface area contributed by atoms with Gasteiger partial charge in [-0.2, -0.15) is 0 Å². The number of hydrogen-bond acceptors (Lipinski definition) is 3. The van der Waals surface area contributed by atoms with Crippen LogP contribution in [0.3, 0.4) is 0 Å². The molecular weight excluding hydrogens is 233 g/mol. The maximum absolute atomic E-state index is 13.3. The number of nitrogens with one attached hydrogen (secondary N) is 1. The fourth-order valence-electron chi connectivity index (χ4n) is 1.50. The second kappa shape index (κ2) is 5.86. The standard InChI is InChI=1S/C13H12FN3O/c14-11-5-2-1-4-10(11)6-7-12(18)17-13-15-8-3-9-16-13/h1-5,8-9H,6-7H2,(H,15,16,17,18). The van der Waals surface area contributed by atoms with E-state index in [1.807, 2.05) is 0 Å². The van der Waals surface area contributed by atoms with E-state index < -0.39 is 0 Å². The molecule has 0 saturated carbocycles. The third-order valence-electron chi connectivity index (χ3n) is 2.40. The van der Waals surface area contributed by atoms with Crippen LogP contribution in [-0.4, -0.2) is 15.9 Å². The molecule has 0 spiro atoms. The van der Waals surface area contributed by atoms with Crippen LogP contribution in [-0.2, 0) is 11.2 Å². The maximum Gasteiger partial charge on any atom is 0.229 e. The van der Waals surface area contributed by atoms with Gasteiger partial charge in [-0.25, -0.2) is 14.4 Å². The van der Waals surface area contributed by atoms with E-state index in [9.17, 15) is 9.18 Å².